The van der Waals surface area contributed by atoms with Gasteiger partial charge in [-0.1, -0.05) is 6.92 Å². The summed E-state index contributed by atoms with van der Waals surface area (Å²) in [7, 11) is -5.34. The van der Waals surface area contributed by atoms with Crippen molar-refractivity contribution >= 4 is 16.0 Å². The third kappa shape index (κ3) is 3.24. The average molecular weight is 343 g/mol. The standard InChI is InChI=1S/C13H20F3NO4S/c1-3-12(2)7-8-6-9(4-5-10(8)21-11(12)18)17-22(19,20)13(14,15)16/h8-10,17H,3-7H2,1-2H3. The van der Waals surface area contributed by atoms with Gasteiger partial charge in [0.05, 0.1) is 5.41 Å². The van der Waals surface area contributed by atoms with E-state index in [9.17, 15) is 26.4 Å². The molecular weight excluding hydrogens is 323 g/mol. The zero-order valence-electron chi connectivity index (χ0n) is 12.4. The van der Waals surface area contributed by atoms with Crippen LogP contribution < -0.4 is 4.72 Å². The summed E-state index contributed by atoms with van der Waals surface area (Å²) >= 11 is 0. The number of fused-ring (bicyclic) bond motifs is 1. The summed E-state index contributed by atoms with van der Waals surface area (Å²) in [6.45, 7) is 3.63. The SMILES string of the molecule is CCC1(C)CC2CC(NS(=O)(=O)C(F)(F)F)CCC2OC1=O. The van der Waals surface area contributed by atoms with Gasteiger partial charge in [0.2, 0.25) is 0 Å². The monoisotopic (exact) mass is 343 g/mol. The number of halogens is 3. The normalized spacial score (nSPS) is 36.6. The number of sulfonamides is 1. The van der Waals surface area contributed by atoms with Gasteiger partial charge < -0.3 is 4.74 Å². The molecule has 4 unspecified atom stereocenters. The van der Waals surface area contributed by atoms with Crippen molar-refractivity contribution in [2.75, 3.05) is 0 Å². The van der Waals surface area contributed by atoms with E-state index in [0.717, 1.165) is 0 Å². The summed E-state index contributed by atoms with van der Waals surface area (Å²) in [6, 6.07) is -0.772. The van der Waals surface area contributed by atoms with Gasteiger partial charge in [0.1, 0.15) is 6.10 Å². The largest absolute Gasteiger partial charge is 0.511 e. The van der Waals surface area contributed by atoms with Gasteiger partial charge in [0, 0.05) is 6.04 Å². The van der Waals surface area contributed by atoms with E-state index in [2.05, 4.69) is 0 Å². The second-order valence-corrected chi connectivity index (χ2v) is 8.10. The van der Waals surface area contributed by atoms with Gasteiger partial charge in [-0.15, -0.1) is 0 Å². The van der Waals surface area contributed by atoms with Gasteiger partial charge in [-0.25, -0.2) is 13.1 Å². The van der Waals surface area contributed by atoms with Crippen molar-refractivity contribution in [3.8, 4) is 0 Å². The predicted octanol–water partition coefficient (Wildman–Crippen LogP) is 2.33. The van der Waals surface area contributed by atoms with E-state index >= 15 is 0 Å². The number of ether oxygens (including phenoxy) is 1. The van der Waals surface area contributed by atoms with Crippen molar-refractivity contribution < 1.29 is 31.1 Å². The fraction of sp³-hybridized carbons (Fsp3) is 0.923. The average Bonchev–Trinajstić information content (AvgIpc) is 2.39. The highest BCUT2D eigenvalue weighted by Crippen LogP contribution is 2.44. The summed E-state index contributed by atoms with van der Waals surface area (Å²) in [4.78, 5) is 12.0. The summed E-state index contributed by atoms with van der Waals surface area (Å²) in [5.74, 6) is -0.386. The number of esters is 1. The maximum Gasteiger partial charge on any atom is 0.511 e. The van der Waals surface area contributed by atoms with E-state index in [4.69, 9.17) is 4.74 Å². The molecule has 5 nitrogen and oxygen atoms in total. The fourth-order valence-corrected chi connectivity index (χ4v) is 4.02. The molecule has 0 bridgehead atoms. The Morgan fingerprint density at radius 3 is 2.55 bits per heavy atom. The van der Waals surface area contributed by atoms with E-state index in [1.54, 1.807) is 11.6 Å². The van der Waals surface area contributed by atoms with E-state index in [1.165, 1.54) is 0 Å². The first-order chi connectivity index (χ1) is 9.98. The summed E-state index contributed by atoms with van der Waals surface area (Å²) < 4.78 is 66.8. The molecule has 1 saturated heterocycles. The van der Waals surface area contributed by atoms with Crippen LogP contribution in [0.4, 0.5) is 13.2 Å². The second-order valence-electron chi connectivity index (χ2n) is 6.40. The molecule has 2 rings (SSSR count). The maximum atomic E-state index is 12.4. The number of carbonyl (C=O) groups excluding carboxylic acids is 1. The molecule has 0 radical (unpaired) electrons. The minimum Gasteiger partial charge on any atom is -0.462 e. The topological polar surface area (TPSA) is 72.5 Å². The van der Waals surface area contributed by atoms with Crippen LogP contribution in [0.15, 0.2) is 0 Å². The zero-order chi connectivity index (χ0) is 16.8. The van der Waals surface area contributed by atoms with Crippen LogP contribution in [-0.4, -0.2) is 32.0 Å². The van der Waals surface area contributed by atoms with Crippen molar-refractivity contribution in [1.82, 2.24) is 4.72 Å². The van der Waals surface area contributed by atoms with Crippen LogP contribution in [0.2, 0.25) is 0 Å². The lowest BCUT2D eigenvalue weighted by atomic mass is 9.70. The third-order valence-electron chi connectivity index (χ3n) is 4.78. The molecular formula is C13H20F3NO4S. The molecule has 0 aromatic rings. The quantitative estimate of drug-likeness (QED) is 0.798. The van der Waals surface area contributed by atoms with Crippen LogP contribution in [0.25, 0.3) is 0 Å². The summed E-state index contributed by atoms with van der Waals surface area (Å²) in [5, 5.41) is 0. The van der Waals surface area contributed by atoms with Crippen LogP contribution >= 0.6 is 0 Å². The lowest BCUT2D eigenvalue weighted by molar-refractivity contribution is -0.179. The van der Waals surface area contributed by atoms with E-state index in [1.807, 2.05) is 6.92 Å². The second kappa shape index (κ2) is 5.67. The molecule has 2 aliphatic rings. The first-order valence-electron chi connectivity index (χ1n) is 7.28. The highest BCUT2D eigenvalue weighted by atomic mass is 32.2. The third-order valence-corrected chi connectivity index (χ3v) is 6.04. The predicted molar refractivity (Wildman–Crippen MR) is 72.1 cm³/mol. The van der Waals surface area contributed by atoms with Crippen molar-refractivity contribution in [3.63, 3.8) is 0 Å². The van der Waals surface area contributed by atoms with Crippen molar-refractivity contribution in [2.24, 2.45) is 11.3 Å². The lowest BCUT2D eigenvalue weighted by Gasteiger charge is -2.45. The van der Waals surface area contributed by atoms with Crippen LogP contribution in [0.1, 0.15) is 46.0 Å². The highest BCUT2D eigenvalue weighted by Gasteiger charge is 2.50. The molecule has 0 aromatic carbocycles. The fourth-order valence-electron chi connectivity index (χ4n) is 3.23. The molecule has 1 aliphatic heterocycles. The first-order valence-corrected chi connectivity index (χ1v) is 8.76. The molecule has 2 fully saturated rings. The molecule has 1 saturated carbocycles. The molecule has 4 atom stereocenters. The number of hydrogen-bond donors (Lipinski definition) is 1. The molecule has 1 aliphatic carbocycles. The molecule has 128 valence electrons. The van der Waals surface area contributed by atoms with Crippen LogP contribution in [-0.2, 0) is 19.6 Å². The van der Waals surface area contributed by atoms with Crippen LogP contribution in [0, 0.1) is 11.3 Å². The Morgan fingerprint density at radius 1 is 1.36 bits per heavy atom. The molecule has 0 aromatic heterocycles. The number of carbonyl (C=O) groups is 1. The Balaban J connectivity index is 2.06. The van der Waals surface area contributed by atoms with E-state index < -0.39 is 27.0 Å². The van der Waals surface area contributed by atoms with Crippen LogP contribution in [0.3, 0.4) is 0 Å². The van der Waals surface area contributed by atoms with E-state index in [0.29, 0.717) is 19.3 Å². The Hall–Kier alpha value is -0.830. The smallest absolute Gasteiger partial charge is 0.462 e. The first kappa shape index (κ1) is 17.5. The molecule has 9 heteroatoms. The Morgan fingerprint density at radius 2 is 2.00 bits per heavy atom. The number of hydrogen-bond acceptors (Lipinski definition) is 4. The van der Waals surface area contributed by atoms with Crippen molar-refractivity contribution in [3.05, 3.63) is 0 Å². The maximum absolute atomic E-state index is 12.4. The van der Waals surface area contributed by atoms with Crippen LogP contribution in [0.5, 0.6) is 0 Å². The molecule has 1 heterocycles. The molecule has 22 heavy (non-hydrogen) atoms. The number of alkyl halides is 3. The Kier molecular flexibility index (Phi) is 4.51. The molecule has 1 N–H and O–H groups in total. The minimum absolute atomic E-state index is 0.114. The van der Waals surface area contributed by atoms with Gasteiger partial charge in [0.25, 0.3) is 0 Å². The van der Waals surface area contributed by atoms with Crippen molar-refractivity contribution in [1.29, 1.82) is 0 Å². The highest BCUT2D eigenvalue weighted by molar-refractivity contribution is 7.90. The molecule has 0 spiro atoms. The van der Waals surface area contributed by atoms with Gasteiger partial charge in [-0.2, -0.15) is 13.2 Å². The van der Waals surface area contributed by atoms with Crippen molar-refractivity contribution in [2.45, 2.75) is 63.6 Å². The Bertz CT molecular complexity index is 548. The van der Waals surface area contributed by atoms with Gasteiger partial charge in [0.15, 0.2) is 0 Å². The Labute approximate surface area is 127 Å². The number of nitrogens with one attached hydrogen (secondary N) is 1. The number of rotatable bonds is 3. The van der Waals surface area contributed by atoms with Gasteiger partial charge in [-0.3, -0.25) is 4.79 Å². The van der Waals surface area contributed by atoms with E-state index in [-0.39, 0.29) is 30.8 Å². The van der Waals surface area contributed by atoms with Gasteiger partial charge in [-0.05, 0) is 44.9 Å². The lowest BCUT2D eigenvalue weighted by Crippen LogP contribution is -2.51. The zero-order valence-corrected chi connectivity index (χ0v) is 13.3. The molecule has 0 amide bonds. The van der Waals surface area contributed by atoms with Gasteiger partial charge >= 0.3 is 21.5 Å². The minimum atomic E-state index is -5.34. The summed E-state index contributed by atoms with van der Waals surface area (Å²) in [6.07, 6.45) is 1.63. The summed E-state index contributed by atoms with van der Waals surface area (Å²) in [5.41, 5.74) is -5.95.